The Morgan fingerprint density at radius 2 is 1.85 bits per heavy atom. The van der Waals surface area contributed by atoms with E-state index >= 15 is 0 Å². The number of imide groups is 1. The minimum Gasteiger partial charge on any atom is -0.353 e. The molecule has 3 aliphatic rings. The maximum Gasteiger partial charge on any atom is 0.267 e. The lowest BCUT2D eigenvalue weighted by atomic mass is 10.0. The Kier molecular flexibility index (Phi) is 10.6. The summed E-state index contributed by atoms with van der Waals surface area (Å²) in [5, 5.41) is 9.36. The highest BCUT2D eigenvalue weighted by molar-refractivity contribution is 7.99. The second kappa shape index (κ2) is 15.5. The van der Waals surface area contributed by atoms with E-state index in [1.807, 2.05) is 49.1 Å². The van der Waals surface area contributed by atoms with Crippen LogP contribution in [0.25, 0.3) is 0 Å². The Bertz CT molecular complexity index is 2100. The van der Waals surface area contributed by atoms with Gasteiger partial charge in [0.05, 0.1) is 16.9 Å². The normalized spacial score (nSPS) is 17.2. The van der Waals surface area contributed by atoms with Gasteiger partial charge < -0.3 is 25.3 Å². The van der Waals surface area contributed by atoms with E-state index in [0.717, 1.165) is 21.8 Å². The minimum atomic E-state index is -0.670. The van der Waals surface area contributed by atoms with Crippen molar-refractivity contribution in [2.75, 3.05) is 47.5 Å². The van der Waals surface area contributed by atoms with Crippen LogP contribution in [0.2, 0.25) is 5.02 Å². The van der Waals surface area contributed by atoms with Crippen LogP contribution in [0.5, 0.6) is 0 Å². The van der Waals surface area contributed by atoms with Gasteiger partial charge in [0.15, 0.2) is 5.13 Å². The molecule has 2 fully saturated rings. The lowest BCUT2D eigenvalue weighted by Crippen LogP contribution is -2.52. The predicted octanol–water partition coefficient (Wildman–Crippen LogP) is 4.79. The maximum atomic E-state index is 13.2. The molecule has 2 aromatic carbocycles. The zero-order valence-electron chi connectivity index (χ0n) is 29.0. The van der Waals surface area contributed by atoms with E-state index in [9.17, 15) is 24.0 Å². The van der Waals surface area contributed by atoms with Crippen LogP contribution in [-0.4, -0.2) is 92.3 Å². The predicted molar refractivity (Wildman–Crippen MR) is 203 cm³/mol. The molecule has 5 amide bonds. The minimum absolute atomic E-state index is 0.0560. The Balaban J connectivity index is 0.901. The van der Waals surface area contributed by atoms with E-state index in [0.29, 0.717) is 89.2 Å². The standard InChI is InChI=1S/C36H36ClN9O5S2/c1-20-5-3-7-24(37)32(20)43-34(50)27-18-38-36(53-27)41-28-17-29(40-21(2)39-28)44-12-14-45(15-13-44)31(48)11-16-52-26-8-4-6-22-23(26)19-46(35(22)51)25-9-10-30(47)42-33(25)49/h3-8,17-18,25H,9-16,19H2,1-2H3,(H,43,50)(H,42,47,49)(H,38,39,40,41). The zero-order chi connectivity index (χ0) is 37.2. The average molecular weight is 774 g/mol. The number of piperazine rings is 1. The van der Waals surface area contributed by atoms with Crippen LogP contribution in [-0.2, 0) is 20.9 Å². The number of hydrogen-bond acceptors (Lipinski definition) is 12. The number of fused-ring (bicyclic) bond motifs is 1. The van der Waals surface area contributed by atoms with Gasteiger partial charge in [-0.2, -0.15) is 0 Å². The summed E-state index contributed by atoms with van der Waals surface area (Å²) < 4.78 is 0. The quantitative estimate of drug-likeness (QED) is 0.150. The van der Waals surface area contributed by atoms with E-state index in [4.69, 9.17) is 11.6 Å². The summed E-state index contributed by atoms with van der Waals surface area (Å²) in [6, 6.07) is 12.1. The highest BCUT2D eigenvalue weighted by Crippen LogP contribution is 2.35. The fourth-order valence-corrected chi connectivity index (χ4v) is 8.58. The first-order valence-corrected chi connectivity index (χ1v) is 19.3. The van der Waals surface area contributed by atoms with E-state index in [2.05, 4.69) is 35.8 Å². The number of benzene rings is 2. The van der Waals surface area contributed by atoms with Crippen LogP contribution < -0.4 is 20.9 Å². The van der Waals surface area contributed by atoms with Crippen LogP contribution in [0.4, 0.5) is 22.5 Å². The molecule has 17 heteroatoms. The van der Waals surface area contributed by atoms with Crippen molar-refractivity contribution >= 4 is 86.7 Å². The Morgan fingerprint density at radius 3 is 2.62 bits per heavy atom. The first-order valence-electron chi connectivity index (χ1n) is 17.1. The largest absolute Gasteiger partial charge is 0.353 e. The second-order valence-electron chi connectivity index (χ2n) is 12.8. The summed E-state index contributed by atoms with van der Waals surface area (Å²) in [5.41, 5.74) is 2.83. The molecule has 2 saturated heterocycles. The van der Waals surface area contributed by atoms with Crippen molar-refractivity contribution in [1.82, 2.24) is 30.1 Å². The van der Waals surface area contributed by atoms with Crippen molar-refractivity contribution < 1.29 is 24.0 Å². The summed E-state index contributed by atoms with van der Waals surface area (Å²) >= 11 is 9.00. The molecule has 1 unspecified atom stereocenters. The van der Waals surface area contributed by atoms with Crippen molar-refractivity contribution in [2.45, 2.75) is 50.6 Å². The fraction of sp³-hybridized carbons (Fsp3) is 0.333. The van der Waals surface area contributed by atoms with E-state index < -0.39 is 11.9 Å². The summed E-state index contributed by atoms with van der Waals surface area (Å²) in [7, 11) is 0. The summed E-state index contributed by atoms with van der Waals surface area (Å²) in [5.74, 6) is 1.16. The van der Waals surface area contributed by atoms with Crippen LogP contribution in [0.1, 0.15) is 56.2 Å². The number of para-hydroxylation sites is 1. The number of rotatable bonds is 10. The smallest absolute Gasteiger partial charge is 0.267 e. The molecule has 0 aliphatic carbocycles. The number of thioether (sulfide) groups is 1. The van der Waals surface area contributed by atoms with Crippen LogP contribution >= 0.6 is 34.7 Å². The number of amides is 5. The van der Waals surface area contributed by atoms with E-state index in [1.54, 1.807) is 17.0 Å². The molecule has 0 spiro atoms. The molecule has 0 saturated carbocycles. The number of hydrogen-bond donors (Lipinski definition) is 3. The van der Waals surface area contributed by atoms with Crippen LogP contribution in [0.15, 0.2) is 53.6 Å². The molecule has 7 rings (SSSR count). The van der Waals surface area contributed by atoms with Gasteiger partial charge in [-0.3, -0.25) is 29.3 Å². The number of anilines is 4. The number of halogens is 1. The molecular formula is C36H36ClN9O5S2. The SMILES string of the molecule is Cc1nc(Nc2ncc(C(=O)Nc3c(C)cccc3Cl)s2)cc(N2CCN(C(=O)CCSc3cccc4c3CN(C3CCC(=O)NC3=O)C4=O)CC2)n1. The van der Waals surface area contributed by atoms with Crippen molar-refractivity contribution in [3.8, 4) is 0 Å². The third kappa shape index (κ3) is 7.99. The molecule has 3 N–H and O–H groups in total. The first-order chi connectivity index (χ1) is 25.5. The molecular weight excluding hydrogens is 738 g/mol. The van der Waals surface area contributed by atoms with Gasteiger partial charge in [0, 0.05) is 67.8 Å². The average Bonchev–Trinajstić information content (AvgIpc) is 3.74. The third-order valence-electron chi connectivity index (χ3n) is 9.32. The number of nitrogens with one attached hydrogen (secondary N) is 3. The van der Waals surface area contributed by atoms with Gasteiger partial charge in [0.25, 0.3) is 11.8 Å². The molecule has 4 aromatic rings. The number of piperidine rings is 1. The van der Waals surface area contributed by atoms with E-state index in [1.165, 1.54) is 29.3 Å². The van der Waals surface area contributed by atoms with Gasteiger partial charge in [0.1, 0.15) is 28.4 Å². The molecule has 14 nitrogen and oxygen atoms in total. The molecule has 53 heavy (non-hydrogen) atoms. The fourth-order valence-electron chi connectivity index (χ4n) is 6.57. The molecule has 2 aromatic heterocycles. The summed E-state index contributed by atoms with van der Waals surface area (Å²) in [6.07, 6.45) is 2.36. The number of thiazole rings is 1. The maximum absolute atomic E-state index is 13.2. The molecule has 0 bridgehead atoms. The second-order valence-corrected chi connectivity index (χ2v) is 15.4. The number of aromatic nitrogens is 3. The number of carbonyl (C=O) groups excluding carboxylic acids is 5. The molecule has 1 atom stereocenters. The lowest BCUT2D eigenvalue weighted by molar-refractivity contribution is -0.137. The van der Waals surface area contributed by atoms with Gasteiger partial charge in [-0.25, -0.2) is 15.0 Å². The number of carbonyl (C=O) groups is 5. The van der Waals surface area contributed by atoms with Gasteiger partial charge in [-0.1, -0.05) is 41.1 Å². The first kappa shape index (κ1) is 36.3. The third-order valence-corrected chi connectivity index (χ3v) is 11.6. The number of nitrogens with zero attached hydrogens (tertiary/aromatic N) is 6. The van der Waals surface area contributed by atoms with Crippen molar-refractivity contribution in [3.05, 3.63) is 81.1 Å². The highest BCUT2D eigenvalue weighted by Gasteiger charge is 2.40. The lowest BCUT2D eigenvalue weighted by Gasteiger charge is -2.35. The monoisotopic (exact) mass is 773 g/mol. The highest BCUT2D eigenvalue weighted by atomic mass is 35.5. The molecule has 0 radical (unpaired) electrons. The van der Waals surface area contributed by atoms with E-state index in [-0.39, 0.29) is 30.0 Å². The Hall–Kier alpha value is -5.06. The van der Waals surface area contributed by atoms with Crippen molar-refractivity contribution in [1.29, 1.82) is 0 Å². The zero-order valence-corrected chi connectivity index (χ0v) is 31.4. The molecule has 3 aliphatic heterocycles. The van der Waals surface area contributed by atoms with Gasteiger partial charge in [-0.05, 0) is 49.6 Å². The summed E-state index contributed by atoms with van der Waals surface area (Å²) in [4.78, 5) is 83.7. The number of aryl methyl sites for hydroxylation is 2. The van der Waals surface area contributed by atoms with Crippen molar-refractivity contribution in [2.24, 2.45) is 0 Å². The van der Waals surface area contributed by atoms with Gasteiger partial charge in [0.2, 0.25) is 17.7 Å². The Morgan fingerprint density at radius 1 is 1.06 bits per heavy atom. The van der Waals surface area contributed by atoms with Crippen LogP contribution in [0.3, 0.4) is 0 Å². The van der Waals surface area contributed by atoms with Gasteiger partial charge >= 0.3 is 0 Å². The molecule has 274 valence electrons. The Labute approximate surface area is 318 Å². The van der Waals surface area contributed by atoms with Crippen molar-refractivity contribution in [3.63, 3.8) is 0 Å². The summed E-state index contributed by atoms with van der Waals surface area (Å²) in [6.45, 7) is 6.26. The topological polar surface area (TPSA) is 170 Å². The van der Waals surface area contributed by atoms with Gasteiger partial charge in [-0.15, -0.1) is 11.8 Å². The van der Waals surface area contributed by atoms with Crippen LogP contribution in [0, 0.1) is 13.8 Å². The molecule has 5 heterocycles.